The van der Waals surface area contributed by atoms with Gasteiger partial charge in [-0.1, -0.05) is 103 Å². The molecule has 0 saturated carbocycles. The molecule has 0 aliphatic heterocycles. The number of rotatable bonds is 5. The van der Waals surface area contributed by atoms with Gasteiger partial charge in [0, 0.05) is 21.5 Å². The lowest BCUT2D eigenvalue weighted by Crippen LogP contribution is -2.06. The van der Waals surface area contributed by atoms with E-state index in [1.54, 1.807) is 13.0 Å². The van der Waals surface area contributed by atoms with Gasteiger partial charge in [0.25, 0.3) is 0 Å². The van der Waals surface area contributed by atoms with Gasteiger partial charge in [0.2, 0.25) is 0 Å². The molecule has 284 valence electrons. The second-order valence-electron chi connectivity index (χ2n) is 15.4. The molecule has 0 aliphatic rings. The lowest BCUT2D eigenvalue weighted by atomic mass is 9.97. The Kier molecular flexibility index (Phi) is 8.33. The van der Waals surface area contributed by atoms with Crippen molar-refractivity contribution in [2.75, 3.05) is 0 Å². The molecule has 0 saturated heterocycles. The Morgan fingerprint density at radius 2 is 0.915 bits per heavy atom. The first-order valence-electron chi connectivity index (χ1n) is 19.5. The third kappa shape index (κ3) is 5.89. The number of alkyl halides is 3. The zero-order valence-corrected chi connectivity index (χ0v) is 32.6. The van der Waals surface area contributed by atoms with Gasteiger partial charge >= 0.3 is 6.18 Å². The van der Waals surface area contributed by atoms with Gasteiger partial charge in [-0.2, -0.15) is 13.2 Å². The van der Waals surface area contributed by atoms with Gasteiger partial charge in [0.05, 0.1) is 45.6 Å². The summed E-state index contributed by atoms with van der Waals surface area (Å²) in [6.45, 7) is 14.4. The highest BCUT2D eigenvalue weighted by molar-refractivity contribution is 6.13. The van der Waals surface area contributed by atoms with Crippen LogP contribution in [0.15, 0.2) is 164 Å². The molecule has 0 amide bonds. The molecule has 6 heteroatoms. The summed E-state index contributed by atoms with van der Waals surface area (Å²) in [6, 6.07) is 54.0. The fourth-order valence-corrected chi connectivity index (χ4v) is 8.94. The Labute approximate surface area is 339 Å². The fraction of sp³-hybridized carbons (Fsp3) is 0.0755. The summed E-state index contributed by atoms with van der Waals surface area (Å²) in [6.07, 6.45) is -4.55. The summed E-state index contributed by atoms with van der Waals surface area (Å²) in [7, 11) is 0. The van der Waals surface area contributed by atoms with Gasteiger partial charge in [-0.3, -0.25) is 0 Å². The number of aryl methyl sites for hydroxylation is 3. The Hall–Kier alpha value is -7.36. The molecule has 0 radical (unpaired) electrons. The van der Waals surface area contributed by atoms with Crippen molar-refractivity contribution in [1.29, 1.82) is 0 Å². The van der Waals surface area contributed by atoms with Crippen LogP contribution in [-0.2, 0) is 6.18 Å². The van der Waals surface area contributed by atoms with E-state index in [2.05, 4.69) is 119 Å². The van der Waals surface area contributed by atoms with Crippen LogP contribution in [-0.4, -0.2) is 9.13 Å². The third-order valence-corrected chi connectivity index (χ3v) is 11.7. The van der Waals surface area contributed by atoms with Crippen LogP contribution < -0.4 is 0 Å². The summed E-state index contributed by atoms with van der Waals surface area (Å²) in [5.74, 6) is 0. The molecular weight excluding hydrogens is 736 g/mol. The SMILES string of the molecule is [C-]#[N+]c1cc(-n2c3ccccc3c3cc(-c4ccccc4C)ccc32)c(-n2c3ccccc3c3cc(-c4ccccc4C)ccc32)cc1-c1cc(C)cc(C(F)(F)F)c1. The molecule has 2 aromatic heterocycles. The molecule has 0 aliphatic carbocycles. The van der Waals surface area contributed by atoms with Gasteiger partial charge in [0.15, 0.2) is 5.69 Å². The molecule has 0 fully saturated rings. The van der Waals surface area contributed by atoms with Gasteiger partial charge < -0.3 is 9.13 Å². The molecule has 10 aromatic rings. The van der Waals surface area contributed by atoms with Crippen molar-refractivity contribution >= 4 is 49.3 Å². The smallest absolute Gasteiger partial charge is 0.308 e. The first kappa shape index (κ1) is 36.0. The number of para-hydroxylation sites is 2. The molecule has 2 heterocycles. The number of nitrogens with zero attached hydrogens (tertiary/aromatic N) is 3. The standard InChI is InChI=1S/C53H36F3N3/c1-32-25-37(27-38(26-32)53(54,55)56)43-30-51(58-47-19-11-9-17-41(47)44-28-35(21-23-49(44)58)39-15-7-5-13-33(39)2)52(31-46(43)57-4)59-48-20-12-10-18-42(48)45-29-36(22-24-50(45)59)40-16-8-6-14-34(40)3/h5-31H,1-3H3. The Bertz CT molecular complexity index is 3370. The minimum Gasteiger partial charge on any atom is -0.308 e. The van der Waals surface area contributed by atoms with Crippen LogP contribution in [0.25, 0.3) is 93.2 Å². The Morgan fingerprint density at radius 1 is 0.441 bits per heavy atom. The molecule has 0 N–H and O–H groups in total. The highest BCUT2D eigenvalue weighted by Gasteiger charge is 2.31. The van der Waals surface area contributed by atoms with E-state index < -0.39 is 11.7 Å². The zero-order chi connectivity index (χ0) is 40.6. The maximum Gasteiger partial charge on any atom is 0.416 e. The molecular formula is C53H36F3N3. The average molecular weight is 772 g/mol. The summed E-state index contributed by atoms with van der Waals surface area (Å²) in [4.78, 5) is 4.01. The van der Waals surface area contributed by atoms with Gasteiger partial charge in [-0.25, -0.2) is 4.85 Å². The van der Waals surface area contributed by atoms with E-state index in [4.69, 9.17) is 6.57 Å². The maximum atomic E-state index is 14.3. The predicted octanol–water partition coefficient (Wildman–Crippen LogP) is 15.4. The van der Waals surface area contributed by atoms with E-state index in [0.717, 1.165) is 89.4 Å². The van der Waals surface area contributed by atoms with E-state index in [-0.39, 0.29) is 5.69 Å². The quantitative estimate of drug-likeness (QED) is 0.155. The molecule has 0 spiro atoms. The molecule has 3 nitrogen and oxygen atoms in total. The van der Waals surface area contributed by atoms with Crippen molar-refractivity contribution in [2.24, 2.45) is 0 Å². The topological polar surface area (TPSA) is 14.2 Å². The van der Waals surface area contributed by atoms with Crippen LogP contribution in [0.5, 0.6) is 0 Å². The average Bonchev–Trinajstić information content (AvgIpc) is 3.75. The number of aromatic nitrogens is 2. The number of benzene rings is 8. The van der Waals surface area contributed by atoms with Crippen molar-refractivity contribution in [3.8, 4) is 44.8 Å². The van der Waals surface area contributed by atoms with Crippen LogP contribution in [0.4, 0.5) is 18.9 Å². The van der Waals surface area contributed by atoms with Crippen molar-refractivity contribution in [2.45, 2.75) is 26.9 Å². The first-order chi connectivity index (χ1) is 28.6. The van der Waals surface area contributed by atoms with E-state index in [1.165, 1.54) is 11.1 Å². The van der Waals surface area contributed by atoms with Crippen molar-refractivity contribution in [3.05, 3.63) is 197 Å². The number of hydrogen-bond donors (Lipinski definition) is 0. The van der Waals surface area contributed by atoms with E-state index in [0.29, 0.717) is 16.7 Å². The normalized spacial score (nSPS) is 11.9. The van der Waals surface area contributed by atoms with Crippen molar-refractivity contribution in [1.82, 2.24) is 9.13 Å². The molecule has 10 rings (SSSR count). The predicted molar refractivity (Wildman–Crippen MR) is 237 cm³/mol. The highest BCUT2D eigenvalue weighted by Crippen LogP contribution is 2.45. The lowest BCUT2D eigenvalue weighted by molar-refractivity contribution is -0.137. The summed E-state index contributed by atoms with van der Waals surface area (Å²) < 4.78 is 47.4. The first-order valence-corrected chi connectivity index (χ1v) is 19.5. The second kappa shape index (κ2) is 13.6. The Morgan fingerprint density at radius 3 is 1.42 bits per heavy atom. The minimum atomic E-state index is -4.55. The lowest BCUT2D eigenvalue weighted by Gasteiger charge is -2.20. The molecule has 8 aromatic carbocycles. The van der Waals surface area contributed by atoms with Crippen molar-refractivity contribution in [3.63, 3.8) is 0 Å². The summed E-state index contributed by atoms with van der Waals surface area (Å²) in [5.41, 5.74) is 12.8. The Balaban J connectivity index is 1.33. The highest BCUT2D eigenvalue weighted by atomic mass is 19.4. The van der Waals surface area contributed by atoms with Crippen LogP contribution in [0, 0.1) is 27.3 Å². The van der Waals surface area contributed by atoms with Crippen LogP contribution in [0.1, 0.15) is 22.3 Å². The molecule has 0 unspecified atom stereocenters. The van der Waals surface area contributed by atoms with Crippen LogP contribution >= 0.6 is 0 Å². The molecule has 0 bridgehead atoms. The minimum absolute atomic E-state index is 0.257. The second-order valence-corrected chi connectivity index (χ2v) is 15.4. The molecule has 0 atom stereocenters. The number of hydrogen-bond acceptors (Lipinski definition) is 0. The monoisotopic (exact) mass is 771 g/mol. The largest absolute Gasteiger partial charge is 0.416 e. The van der Waals surface area contributed by atoms with E-state index >= 15 is 0 Å². The fourth-order valence-electron chi connectivity index (χ4n) is 8.94. The van der Waals surface area contributed by atoms with Crippen LogP contribution in [0.2, 0.25) is 0 Å². The molecule has 59 heavy (non-hydrogen) atoms. The van der Waals surface area contributed by atoms with Crippen molar-refractivity contribution < 1.29 is 13.2 Å². The van der Waals surface area contributed by atoms with Crippen LogP contribution in [0.3, 0.4) is 0 Å². The van der Waals surface area contributed by atoms with Gasteiger partial charge in [-0.15, -0.1) is 0 Å². The summed E-state index contributed by atoms with van der Waals surface area (Å²) in [5, 5.41) is 4.19. The van der Waals surface area contributed by atoms with E-state index in [9.17, 15) is 13.2 Å². The van der Waals surface area contributed by atoms with Gasteiger partial charge in [-0.05, 0) is 132 Å². The number of halogens is 3. The van der Waals surface area contributed by atoms with E-state index in [1.807, 2.05) is 54.6 Å². The van der Waals surface area contributed by atoms with Gasteiger partial charge in [0.1, 0.15) is 0 Å². The number of fused-ring (bicyclic) bond motifs is 6. The third-order valence-electron chi connectivity index (χ3n) is 11.7. The summed E-state index contributed by atoms with van der Waals surface area (Å²) >= 11 is 0. The maximum absolute atomic E-state index is 14.3. The zero-order valence-electron chi connectivity index (χ0n) is 32.6.